The standard InChI is InChI=1S/C30H47N3O5/c1-17(4-7-26(36)33-24(28(37)38)14-19-15-31-16-32-19)21-5-6-22-27-23(9-11-30(21,22)3)29(2)10-8-20(34)12-18(29)13-25(27)35/h15-18,20-25,27,34-35H,4-14H2,1-3H3,(H,31,32)(H,33,36)(H,37,38). The SMILES string of the molecule is CC(CCC(=O)NC(Cc1cnc[nH]1)C(=O)O)C1CCC2C3C(O)CC4CC(O)CCC4(C)C3CCC12C. The summed E-state index contributed by atoms with van der Waals surface area (Å²) in [5.41, 5.74) is 1.07. The number of hydrogen-bond acceptors (Lipinski definition) is 5. The third-order valence-electron chi connectivity index (χ3n) is 11.9. The number of carbonyl (C=O) groups is 2. The summed E-state index contributed by atoms with van der Waals surface area (Å²) in [6.07, 6.45) is 12.1. The van der Waals surface area contributed by atoms with Crippen LogP contribution in [-0.4, -0.2) is 55.4 Å². The first-order valence-corrected chi connectivity index (χ1v) is 14.9. The minimum Gasteiger partial charge on any atom is -0.480 e. The Morgan fingerprint density at radius 1 is 1.11 bits per heavy atom. The lowest BCUT2D eigenvalue weighted by Gasteiger charge is -2.62. The van der Waals surface area contributed by atoms with Gasteiger partial charge in [0.05, 0.1) is 18.5 Å². The zero-order valence-corrected chi connectivity index (χ0v) is 23.2. The molecule has 1 aromatic heterocycles. The van der Waals surface area contributed by atoms with Crippen molar-refractivity contribution in [1.29, 1.82) is 0 Å². The molecule has 1 aromatic rings. The van der Waals surface area contributed by atoms with Crippen molar-refractivity contribution in [2.75, 3.05) is 0 Å². The van der Waals surface area contributed by atoms with Gasteiger partial charge in [-0.15, -0.1) is 0 Å². The van der Waals surface area contributed by atoms with E-state index in [9.17, 15) is 24.9 Å². The molecule has 0 aromatic carbocycles. The number of aliphatic carboxylic acids is 1. The molecule has 4 saturated carbocycles. The Kier molecular flexibility index (Phi) is 7.68. The maximum atomic E-state index is 12.7. The van der Waals surface area contributed by atoms with Crippen LogP contribution in [0.1, 0.15) is 90.7 Å². The van der Waals surface area contributed by atoms with Crippen LogP contribution in [0.3, 0.4) is 0 Å². The predicted octanol–water partition coefficient (Wildman–Crippen LogP) is 3.93. The lowest BCUT2D eigenvalue weighted by molar-refractivity contribution is -0.174. The van der Waals surface area contributed by atoms with E-state index in [-0.39, 0.29) is 35.4 Å². The van der Waals surface area contributed by atoms with E-state index in [0.29, 0.717) is 47.6 Å². The third-order valence-corrected chi connectivity index (χ3v) is 11.9. The predicted molar refractivity (Wildman–Crippen MR) is 143 cm³/mol. The molecule has 0 saturated heterocycles. The molecule has 5 rings (SSSR count). The molecule has 38 heavy (non-hydrogen) atoms. The second-order valence-corrected chi connectivity index (χ2v) is 13.7. The molecular formula is C30H47N3O5. The van der Waals surface area contributed by atoms with Gasteiger partial charge in [0.2, 0.25) is 5.91 Å². The normalized spacial score (nSPS) is 41.9. The van der Waals surface area contributed by atoms with E-state index in [1.807, 2.05) is 0 Å². The molecule has 4 fully saturated rings. The average Bonchev–Trinajstić information content (AvgIpc) is 3.50. The second kappa shape index (κ2) is 10.6. The Morgan fingerprint density at radius 2 is 1.84 bits per heavy atom. The quantitative estimate of drug-likeness (QED) is 0.346. The molecule has 8 heteroatoms. The fourth-order valence-corrected chi connectivity index (χ4v) is 9.82. The number of imidazole rings is 1. The number of nitrogens with one attached hydrogen (secondary N) is 2. The first-order chi connectivity index (χ1) is 18.0. The van der Waals surface area contributed by atoms with Crippen molar-refractivity contribution in [2.24, 2.45) is 46.3 Å². The molecule has 0 bridgehead atoms. The van der Waals surface area contributed by atoms with Gasteiger partial charge in [-0.3, -0.25) is 4.79 Å². The van der Waals surface area contributed by atoms with Gasteiger partial charge in [0, 0.05) is 24.7 Å². The maximum Gasteiger partial charge on any atom is 0.326 e. The van der Waals surface area contributed by atoms with E-state index in [1.54, 1.807) is 6.20 Å². The number of aliphatic hydroxyl groups excluding tert-OH is 2. The van der Waals surface area contributed by atoms with E-state index < -0.39 is 12.0 Å². The number of H-pyrrole nitrogens is 1. The molecule has 11 unspecified atom stereocenters. The van der Waals surface area contributed by atoms with Crippen LogP contribution in [0.25, 0.3) is 0 Å². The summed E-state index contributed by atoms with van der Waals surface area (Å²) in [7, 11) is 0. The molecule has 1 amide bonds. The number of rotatable bonds is 8. The number of aromatic nitrogens is 2. The molecule has 5 N–H and O–H groups in total. The molecule has 0 spiro atoms. The zero-order chi connectivity index (χ0) is 27.2. The third kappa shape index (κ3) is 4.91. The Morgan fingerprint density at radius 3 is 2.55 bits per heavy atom. The molecule has 0 radical (unpaired) electrons. The Balaban J connectivity index is 1.21. The minimum absolute atomic E-state index is 0.166. The number of aliphatic hydroxyl groups is 2. The lowest BCUT2D eigenvalue weighted by atomic mass is 9.43. The van der Waals surface area contributed by atoms with Crippen LogP contribution in [0.4, 0.5) is 0 Å². The number of carboxylic acids is 1. The summed E-state index contributed by atoms with van der Waals surface area (Å²) in [4.78, 5) is 31.3. The smallest absolute Gasteiger partial charge is 0.326 e. The van der Waals surface area contributed by atoms with Gasteiger partial charge in [0.15, 0.2) is 0 Å². The van der Waals surface area contributed by atoms with Crippen molar-refractivity contribution in [3.05, 3.63) is 18.2 Å². The van der Waals surface area contributed by atoms with Crippen molar-refractivity contribution in [3.63, 3.8) is 0 Å². The number of carboxylic acid groups (broad SMARTS) is 1. The van der Waals surface area contributed by atoms with Crippen LogP contribution in [-0.2, 0) is 16.0 Å². The van der Waals surface area contributed by atoms with Gasteiger partial charge in [0.25, 0.3) is 0 Å². The van der Waals surface area contributed by atoms with E-state index in [0.717, 1.165) is 51.4 Å². The highest BCUT2D eigenvalue weighted by Crippen LogP contribution is 2.68. The van der Waals surface area contributed by atoms with Crippen LogP contribution >= 0.6 is 0 Å². The number of amides is 1. The Labute approximate surface area is 226 Å². The van der Waals surface area contributed by atoms with Gasteiger partial charge in [-0.05, 0) is 104 Å². The number of nitrogens with zero attached hydrogens (tertiary/aromatic N) is 1. The monoisotopic (exact) mass is 529 g/mol. The van der Waals surface area contributed by atoms with Gasteiger partial charge in [-0.1, -0.05) is 20.8 Å². The maximum absolute atomic E-state index is 12.7. The van der Waals surface area contributed by atoms with E-state index in [1.165, 1.54) is 12.7 Å². The Hall–Kier alpha value is -1.93. The van der Waals surface area contributed by atoms with Crippen molar-refractivity contribution in [2.45, 2.75) is 110 Å². The van der Waals surface area contributed by atoms with Gasteiger partial charge in [-0.25, -0.2) is 9.78 Å². The number of carbonyl (C=O) groups excluding carboxylic acids is 1. The summed E-state index contributed by atoms with van der Waals surface area (Å²) in [6, 6.07) is -0.971. The van der Waals surface area contributed by atoms with E-state index in [4.69, 9.17) is 0 Å². The molecule has 4 aliphatic carbocycles. The van der Waals surface area contributed by atoms with Gasteiger partial charge < -0.3 is 25.6 Å². The number of hydrogen-bond donors (Lipinski definition) is 5. The molecule has 11 atom stereocenters. The van der Waals surface area contributed by atoms with Crippen LogP contribution < -0.4 is 5.32 Å². The van der Waals surface area contributed by atoms with E-state index in [2.05, 4.69) is 36.1 Å². The molecule has 1 heterocycles. The van der Waals surface area contributed by atoms with Crippen LogP contribution in [0.15, 0.2) is 12.5 Å². The van der Waals surface area contributed by atoms with Gasteiger partial charge >= 0.3 is 5.97 Å². The zero-order valence-electron chi connectivity index (χ0n) is 23.2. The van der Waals surface area contributed by atoms with Crippen molar-refractivity contribution < 1.29 is 24.9 Å². The van der Waals surface area contributed by atoms with Crippen molar-refractivity contribution in [1.82, 2.24) is 15.3 Å². The summed E-state index contributed by atoms with van der Waals surface area (Å²) in [5, 5.41) is 34.0. The van der Waals surface area contributed by atoms with Crippen LogP contribution in [0.5, 0.6) is 0 Å². The highest BCUT2D eigenvalue weighted by molar-refractivity contribution is 5.83. The van der Waals surface area contributed by atoms with Gasteiger partial charge in [0.1, 0.15) is 6.04 Å². The fraction of sp³-hybridized carbons (Fsp3) is 0.833. The molecular weight excluding hydrogens is 482 g/mol. The van der Waals surface area contributed by atoms with Crippen LogP contribution in [0, 0.1) is 46.3 Å². The van der Waals surface area contributed by atoms with E-state index >= 15 is 0 Å². The summed E-state index contributed by atoms with van der Waals surface area (Å²) >= 11 is 0. The molecule has 4 aliphatic rings. The highest BCUT2D eigenvalue weighted by Gasteiger charge is 2.62. The molecule has 212 valence electrons. The fourth-order valence-electron chi connectivity index (χ4n) is 9.82. The first kappa shape index (κ1) is 27.6. The van der Waals surface area contributed by atoms with Gasteiger partial charge in [-0.2, -0.15) is 0 Å². The number of fused-ring (bicyclic) bond motifs is 5. The minimum atomic E-state index is -1.04. The number of aromatic amines is 1. The Bertz CT molecular complexity index is 1000. The lowest BCUT2D eigenvalue weighted by Crippen LogP contribution is -2.58. The summed E-state index contributed by atoms with van der Waals surface area (Å²) in [6.45, 7) is 7.15. The van der Waals surface area contributed by atoms with Crippen LogP contribution in [0.2, 0.25) is 0 Å². The van der Waals surface area contributed by atoms with Crippen molar-refractivity contribution in [3.8, 4) is 0 Å². The highest BCUT2D eigenvalue weighted by atomic mass is 16.4. The van der Waals surface area contributed by atoms with Crippen molar-refractivity contribution >= 4 is 11.9 Å². The molecule has 8 nitrogen and oxygen atoms in total. The summed E-state index contributed by atoms with van der Waals surface area (Å²) < 4.78 is 0. The largest absolute Gasteiger partial charge is 0.480 e. The molecule has 0 aliphatic heterocycles. The first-order valence-electron chi connectivity index (χ1n) is 14.9. The second-order valence-electron chi connectivity index (χ2n) is 13.7. The summed E-state index contributed by atoms with van der Waals surface area (Å²) in [5.74, 6) is 1.41. The average molecular weight is 530 g/mol. The topological polar surface area (TPSA) is 136 Å².